The maximum atomic E-state index is 10.4. The van der Waals surface area contributed by atoms with Gasteiger partial charge in [0.25, 0.3) is 0 Å². The molecule has 2 saturated carbocycles. The Kier molecular flexibility index (Phi) is 3.38. The van der Waals surface area contributed by atoms with Crippen molar-refractivity contribution in [2.75, 3.05) is 0 Å². The zero-order valence-corrected chi connectivity index (χ0v) is 11.7. The molecule has 0 aromatic heterocycles. The largest absolute Gasteiger partial charge is 0.388 e. The van der Waals surface area contributed by atoms with Crippen LogP contribution >= 0.6 is 11.6 Å². The molecular weight excluding hydrogens is 244 g/mol. The average Bonchev–Trinajstić information content (AvgIpc) is 2.90. The first kappa shape index (κ1) is 12.5. The van der Waals surface area contributed by atoms with Crippen molar-refractivity contribution in [2.24, 2.45) is 17.8 Å². The van der Waals surface area contributed by atoms with Gasteiger partial charge in [-0.1, -0.05) is 24.1 Å². The Morgan fingerprint density at radius 2 is 2.17 bits per heavy atom. The molecule has 1 aromatic carbocycles. The van der Waals surface area contributed by atoms with Crippen molar-refractivity contribution in [1.29, 1.82) is 0 Å². The van der Waals surface area contributed by atoms with E-state index in [0.29, 0.717) is 0 Å². The van der Waals surface area contributed by atoms with Crippen LogP contribution in [-0.4, -0.2) is 5.11 Å². The van der Waals surface area contributed by atoms with Crippen LogP contribution in [0.5, 0.6) is 0 Å². The van der Waals surface area contributed by atoms with Crippen LogP contribution in [0.3, 0.4) is 0 Å². The molecule has 2 aliphatic rings. The van der Waals surface area contributed by atoms with E-state index >= 15 is 0 Å². The Labute approximate surface area is 114 Å². The number of benzene rings is 1. The van der Waals surface area contributed by atoms with Crippen LogP contribution in [0, 0.1) is 24.7 Å². The predicted octanol–water partition coefficient (Wildman–Crippen LogP) is 4.51. The third kappa shape index (κ3) is 2.31. The molecule has 1 N–H and O–H groups in total. The summed E-state index contributed by atoms with van der Waals surface area (Å²) in [6.07, 6.45) is 6.19. The Hall–Kier alpha value is -0.530. The third-order valence-corrected chi connectivity index (χ3v) is 5.24. The van der Waals surface area contributed by atoms with Gasteiger partial charge in [-0.3, -0.25) is 0 Å². The maximum Gasteiger partial charge on any atom is 0.0795 e. The molecule has 98 valence electrons. The molecular formula is C16H21ClO. The molecule has 2 aliphatic carbocycles. The second kappa shape index (κ2) is 4.86. The smallest absolute Gasteiger partial charge is 0.0795 e. The molecule has 2 bridgehead atoms. The molecule has 3 rings (SSSR count). The summed E-state index contributed by atoms with van der Waals surface area (Å²) in [5, 5.41) is 11.2. The standard InChI is InChI=1S/C16H21ClO/c1-10-6-14(17)4-5-15(10)16(18)9-13-8-11-2-3-12(13)7-11/h4-6,11-13,16,18H,2-3,7-9H2,1H3. The molecule has 4 unspecified atom stereocenters. The lowest BCUT2D eigenvalue weighted by molar-refractivity contribution is 0.125. The average molecular weight is 265 g/mol. The number of rotatable bonds is 3. The molecule has 0 spiro atoms. The van der Waals surface area contributed by atoms with Crippen LogP contribution in [0.2, 0.25) is 5.02 Å². The minimum absolute atomic E-state index is 0.313. The SMILES string of the molecule is Cc1cc(Cl)ccc1C(O)CC1CC2CCC1C2. The summed E-state index contributed by atoms with van der Waals surface area (Å²) in [5.74, 6) is 2.59. The first-order chi connectivity index (χ1) is 8.63. The van der Waals surface area contributed by atoms with Gasteiger partial charge in [-0.05, 0) is 73.6 Å². The monoisotopic (exact) mass is 264 g/mol. The normalized spacial score (nSPS) is 31.8. The molecule has 0 heterocycles. The van der Waals surface area contributed by atoms with Crippen molar-refractivity contribution >= 4 is 11.6 Å². The second-order valence-corrected chi connectivity index (χ2v) is 6.62. The van der Waals surface area contributed by atoms with Crippen molar-refractivity contribution in [2.45, 2.75) is 45.1 Å². The van der Waals surface area contributed by atoms with E-state index in [2.05, 4.69) is 0 Å². The lowest BCUT2D eigenvalue weighted by Gasteiger charge is -2.25. The van der Waals surface area contributed by atoms with Gasteiger partial charge < -0.3 is 5.11 Å². The Morgan fingerprint density at radius 1 is 1.33 bits per heavy atom. The van der Waals surface area contributed by atoms with E-state index in [9.17, 15) is 5.11 Å². The fraction of sp³-hybridized carbons (Fsp3) is 0.625. The van der Waals surface area contributed by atoms with Crippen molar-refractivity contribution < 1.29 is 5.11 Å². The van der Waals surface area contributed by atoms with Crippen LogP contribution in [0.1, 0.15) is 49.3 Å². The van der Waals surface area contributed by atoms with Crippen LogP contribution in [0.15, 0.2) is 18.2 Å². The molecule has 1 aromatic rings. The summed E-state index contributed by atoms with van der Waals surface area (Å²) >= 11 is 5.96. The first-order valence-corrected chi connectivity index (χ1v) is 7.45. The van der Waals surface area contributed by atoms with Crippen molar-refractivity contribution in [3.63, 3.8) is 0 Å². The van der Waals surface area contributed by atoms with E-state index in [1.54, 1.807) is 0 Å². The van der Waals surface area contributed by atoms with Crippen molar-refractivity contribution in [1.82, 2.24) is 0 Å². The Morgan fingerprint density at radius 3 is 2.78 bits per heavy atom. The van der Waals surface area contributed by atoms with Crippen molar-refractivity contribution in [3.05, 3.63) is 34.3 Å². The Bertz CT molecular complexity index is 443. The number of hydrogen-bond acceptors (Lipinski definition) is 1. The van der Waals surface area contributed by atoms with E-state index in [0.717, 1.165) is 40.3 Å². The fourth-order valence-electron chi connectivity index (χ4n) is 4.09. The summed E-state index contributed by atoms with van der Waals surface area (Å²) in [4.78, 5) is 0. The lowest BCUT2D eigenvalue weighted by atomic mass is 9.83. The predicted molar refractivity (Wildman–Crippen MR) is 74.7 cm³/mol. The highest BCUT2D eigenvalue weighted by molar-refractivity contribution is 6.30. The fourth-order valence-corrected chi connectivity index (χ4v) is 4.32. The number of hydrogen-bond donors (Lipinski definition) is 1. The van der Waals surface area contributed by atoms with Gasteiger partial charge in [-0.15, -0.1) is 0 Å². The quantitative estimate of drug-likeness (QED) is 0.852. The lowest BCUT2D eigenvalue weighted by Crippen LogP contribution is -2.14. The number of aliphatic hydroxyl groups excluding tert-OH is 1. The molecule has 0 radical (unpaired) electrons. The number of fused-ring (bicyclic) bond motifs is 2. The molecule has 0 aliphatic heterocycles. The second-order valence-electron chi connectivity index (χ2n) is 6.19. The zero-order valence-electron chi connectivity index (χ0n) is 10.9. The summed E-state index contributed by atoms with van der Waals surface area (Å²) < 4.78 is 0. The van der Waals surface area contributed by atoms with Gasteiger partial charge >= 0.3 is 0 Å². The highest BCUT2D eigenvalue weighted by Crippen LogP contribution is 2.51. The molecule has 2 heteroatoms. The molecule has 4 atom stereocenters. The molecule has 18 heavy (non-hydrogen) atoms. The van der Waals surface area contributed by atoms with Gasteiger partial charge in [0.2, 0.25) is 0 Å². The summed E-state index contributed by atoms with van der Waals surface area (Å²) in [6.45, 7) is 2.03. The molecule has 0 saturated heterocycles. The van der Waals surface area contributed by atoms with Gasteiger partial charge in [0.05, 0.1) is 6.10 Å². The van der Waals surface area contributed by atoms with E-state index in [4.69, 9.17) is 11.6 Å². The molecule has 2 fully saturated rings. The Balaban J connectivity index is 1.69. The van der Waals surface area contributed by atoms with Crippen LogP contribution in [0.4, 0.5) is 0 Å². The summed E-state index contributed by atoms with van der Waals surface area (Å²) in [6, 6.07) is 5.81. The van der Waals surface area contributed by atoms with E-state index in [-0.39, 0.29) is 6.10 Å². The van der Waals surface area contributed by atoms with Crippen molar-refractivity contribution in [3.8, 4) is 0 Å². The van der Waals surface area contributed by atoms with Gasteiger partial charge in [-0.2, -0.15) is 0 Å². The number of aryl methyl sites for hydroxylation is 1. The van der Waals surface area contributed by atoms with Crippen LogP contribution < -0.4 is 0 Å². The molecule has 0 amide bonds. The topological polar surface area (TPSA) is 20.2 Å². The maximum absolute atomic E-state index is 10.4. The van der Waals surface area contributed by atoms with E-state index in [1.165, 1.54) is 25.7 Å². The third-order valence-electron chi connectivity index (χ3n) is 5.00. The highest BCUT2D eigenvalue weighted by Gasteiger charge is 2.40. The van der Waals surface area contributed by atoms with Gasteiger partial charge in [0.15, 0.2) is 0 Å². The van der Waals surface area contributed by atoms with Gasteiger partial charge in [0.1, 0.15) is 0 Å². The zero-order chi connectivity index (χ0) is 12.7. The van der Waals surface area contributed by atoms with Gasteiger partial charge in [0, 0.05) is 5.02 Å². The van der Waals surface area contributed by atoms with E-state index in [1.807, 2.05) is 25.1 Å². The minimum Gasteiger partial charge on any atom is -0.388 e. The molecule has 1 nitrogen and oxygen atoms in total. The minimum atomic E-state index is -0.313. The highest BCUT2D eigenvalue weighted by atomic mass is 35.5. The summed E-state index contributed by atoms with van der Waals surface area (Å²) in [5.41, 5.74) is 2.17. The van der Waals surface area contributed by atoms with Crippen LogP contribution in [-0.2, 0) is 0 Å². The van der Waals surface area contributed by atoms with Gasteiger partial charge in [-0.25, -0.2) is 0 Å². The first-order valence-electron chi connectivity index (χ1n) is 7.07. The number of aliphatic hydroxyl groups is 1. The van der Waals surface area contributed by atoms with Crippen LogP contribution in [0.25, 0.3) is 0 Å². The number of halogens is 1. The summed E-state index contributed by atoms with van der Waals surface area (Å²) in [7, 11) is 0. The van der Waals surface area contributed by atoms with E-state index < -0.39 is 0 Å².